The van der Waals surface area contributed by atoms with Gasteiger partial charge in [-0.1, -0.05) is 53.4 Å². The molecule has 0 spiro atoms. The van der Waals surface area contributed by atoms with E-state index in [2.05, 4.69) is 0 Å². The average molecular weight is 430 g/mol. The van der Waals surface area contributed by atoms with Crippen LogP contribution in [0.5, 0.6) is 0 Å². The van der Waals surface area contributed by atoms with Gasteiger partial charge in [-0.2, -0.15) is 0 Å². The van der Waals surface area contributed by atoms with Crippen molar-refractivity contribution in [1.82, 2.24) is 0 Å². The lowest BCUT2D eigenvalue weighted by atomic mass is 10.4. The molecule has 0 aliphatic heterocycles. The fourth-order valence-electron chi connectivity index (χ4n) is 2.03. The molecule has 1 N–H and O–H groups in total. The number of unbranched alkanes of at least 4 members (excludes halogenated alkanes) is 4. The molecule has 0 saturated heterocycles. The van der Waals surface area contributed by atoms with E-state index < -0.39 is 20.3 Å². The Kier molecular flexibility index (Phi) is 14.4. The summed E-state index contributed by atoms with van der Waals surface area (Å²) in [5.41, 5.74) is 0. The SMILES string of the molecule is CCCCOP(=O)(OCCCC)C(C)(O)P(=O)(OCCCC)OCCCC. The first-order valence-corrected chi connectivity index (χ1v) is 13.3. The molecule has 0 amide bonds. The summed E-state index contributed by atoms with van der Waals surface area (Å²) in [5.74, 6) is 0. The van der Waals surface area contributed by atoms with E-state index in [1.807, 2.05) is 27.7 Å². The van der Waals surface area contributed by atoms with Crippen LogP contribution < -0.4 is 0 Å². The highest BCUT2D eigenvalue weighted by atomic mass is 31.2. The molecule has 0 unspecified atom stereocenters. The second-order valence-electron chi connectivity index (χ2n) is 6.71. The van der Waals surface area contributed by atoms with Gasteiger partial charge >= 0.3 is 15.2 Å². The van der Waals surface area contributed by atoms with Gasteiger partial charge in [0.05, 0.1) is 26.4 Å². The van der Waals surface area contributed by atoms with Gasteiger partial charge in [-0.25, -0.2) is 0 Å². The first kappa shape index (κ1) is 27.3. The molecule has 0 aromatic heterocycles. The highest BCUT2D eigenvalue weighted by molar-refractivity contribution is 7.73. The molecule has 0 aromatic rings. The Balaban J connectivity index is 5.60. The zero-order valence-corrected chi connectivity index (χ0v) is 19.6. The van der Waals surface area contributed by atoms with Crippen molar-refractivity contribution in [3.8, 4) is 0 Å². The third-order valence-electron chi connectivity index (χ3n) is 4.07. The molecule has 7 nitrogen and oxygen atoms in total. The minimum atomic E-state index is -4.16. The highest BCUT2D eigenvalue weighted by Crippen LogP contribution is 2.76. The predicted molar refractivity (Wildman–Crippen MR) is 109 cm³/mol. The van der Waals surface area contributed by atoms with Crippen molar-refractivity contribution in [3.63, 3.8) is 0 Å². The molecule has 27 heavy (non-hydrogen) atoms. The number of aliphatic hydroxyl groups is 1. The second-order valence-corrected chi connectivity index (χ2v) is 11.8. The molecule has 0 atom stereocenters. The van der Waals surface area contributed by atoms with Crippen molar-refractivity contribution in [2.45, 2.75) is 91.1 Å². The van der Waals surface area contributed by atoms with Gasteiger partial charge in [-0.3, -0.25) is 9.13 Å². The van der Waals surface area contributed by atoms with Crippen molar-refractivity contribution in [3.05, 3.63) is 0 Å². The summed E-state index contributed by atoms with van der Waals surface area (Å²) in [4.78, 5) is 0. The zero-order valence-electron chi connectivity index (χ0n) is 17.8. The van der Waals surface area contributed by atoms with Crippen LogP contribution in [0.4, 0.5) is 0 Å². The largest absolute Gasteiger partial charge is 0.374 e. The lowest BCUT2D eigenvalue weighted by Crippen LogP contribution is -2.30. The Bertz CT molecular complexity index is 401. The van der Waals surface area contributed by atoms with Gasteiger partial charge in [0.1, 0.15) is 0 Å². The molecule has 0 aliphatic carbocycles. The Morgan fingerprint density at radius 2 is 0.852 bits per heavy atom. The van der Waals surface area contributed by atoms with E-state index >= 15 is 0 Å². The Hall–Kier alpha value is 0.260. The van der Waals surface area contributed by atoms with Gasteiger partial charge in [-0.05, 0) is 32.6 Å². The van der Waals surface area contributed by atoms with Gasteiger partial charge in [0.25, 0.3) is 5.08 Å². The third-order valence-corrected chi connectivity index (χ3v) is 9.71. The summed E-state index contributed by atoms with van der Waals surface area (Å²) < 4.78 is 48.9. The van der Waals surface area contributed by atoms with Crippen molar-refractivity contribution in [1.29, 1.82) is 0 Å². The van der Waals surface area contributed by atoms with Crippen LogP contribution in [0.25, 0.3) is 0 Å². The maximum absolute atomic E-state index is 13.5. The van der Waals surface area contributed by atoms with Gasteiger partial charge in [0.2, 0.25) is 0 Å². The minimum absolute atomic E-state index is 0.139. The minimum Gasteiger partial charge on any atom is -0.368 e. The molecule has 0 fully saturated rings. The smallest absolute Gasteiger partial charge is 0.368 e. The molecule has 0 rings (SSSR count). The first-order chi connectivity index (χ1) is 12.7. The fourth-order valence-corrected chi connectivity index (χ4v) is 6.53. The average Bonchev–Trinajstić information content (AvgIpc) is 2.62. The van der Waals surface area contributed by atoms with Crippen molar-refractivity contribution < 1.29 is 32.3 Å². The van der Waals surface area contributed by atoms with Crippen LogP contribution in [-0.4, -0.2) is 36.6 Å². The van der Waals surface area contributed by atoms with E-state index in [1.54, 1.807) is 0 Å². The van der Waals surface area contributed by atoms with Crippen molar-refractivity contribution >= 4 is 15.2 Å². The van der Waals surface area contributed by atoms with Crippen LogP contribution in [0.15, 0.2) is 0 Å². The molecule has 0 saturated carbocycles. The van der Waals surface area contributed by atoms with Gasteiger partial charge in [0, 0.05) is 0 Å². The van der Waals surface area contributed by atoms with E-state index in [-0.39, 0.29) is 26.4 Å². The maximum Gasteiger partial charge on any atom is 0.374 e. The van der Waals surface area contributed by atoms with Crippen molar-refractivity contribution in [2.24, 2.45) is 0 Å². The maximum atomic E-state index is 13.5. The zero-order chi connectivity index (χ0) is 20.8. The van der Waals surface area contributed by atoms with Crippen LogP contribution in [0.2, 0.25) is 0 Å². The Labute approximate surface area is 165 Å². The lowest BCUT2D eigenvalue weighted by molar-refractivity contribution is 0.0852. The monoisotopic (exact) mass is 430 g/mol. The van der Waals surface area contributed by atoms with E-state index in [1.165, 1.54) is 6.92 Å². The quantitative estimate of drug-likeness (QED) is 0.201. The summed E-state index contributed by atoms with van der Waals surface area (Å²) in [7, 11) is -8.32. The van der Waals surface area contributed by atoms with Crippen molar-refractivity contribution in [2.75, 3.05) is 26.4 Å². The van der Waals surface area contributed by atoms with E-state index in [9.17, 15) is 14.2 Å². The summed E-state index contributed by atoms with van der Waals surface area (Å²) >= 11 is 0. The normalized spacial score (nSPS) is 13.3. The Morgan fingerprint density at radius 1 is 0.630 bits per heavy atom. The molecule has 0 radical (unpaired) electrons. The fraction of sp³-hybridized carbons (Fsp3) is 1.00. The van der Waals surface area contributed by atoms with Crippen LogP contribution in [-0.2, 0) is 27.2 Å². The number of hydrogen-bond donors (Lipinski definition) is 1. The molecule has 0 bridgehead atoms. The standard InChI is InChI=1S/C18H40O7P2/c1-6-10-14-22-26(20,23-15-11-7-2)18(5,19)27(21,24-16-12-8-3)25-17-13-9-4/h19H,6-17H2,1-5H3. The molecular weight excluding hydrogens is 390 g/mol. The van der Waals surface area contributed by atoms with Crippen LogP contribution >= 0.6 is 15.2 Å². The summed E-state index contributed by atoms with van der Waals surface area (Å²) in [6, 6.07) is 0. The molecule has 0 heterocycles. The molecular formula is C18H40O7P2. The molecule has 0 aromatic carbocycles. The third kappa shape index (κ3) is 8.65. The summed E-state index contributed by atoms with van der Waals surface area (Å²) in [6.45, 7) is 9.62. The van der Waals surface area contributed by atoms with Gasteiger partial charge in [-0.15, -0.1) is 0 Å². The summed E-state index contributed by atoms with van der Waals surface area (Å²) in [5, 5.41) is 8.75. The van der Waals surface area contributed by atoms with Crippen LogP contribution in [0.3, 0.4) is 0 Å². The Morgan fingerprint density at radius 3 is 1.04 bits per heavy atom. The molecule has 0 aliphatic rings. The van der Waals surface area contributed by atoms with Crippen LogP contribution in [0.1, 0.15) is 86.0 Å². The number of hydrogen-bond acceptors (Lipinski definition) is 7. The topological polar surface area (TPSA) is 91.3 Å². The first-order valence-electron chi connectivity index (χ1n) is 10.2. The van der Waals surface area contributed by atoms with Crippen LogP contribution in [0, 0.1) is 0 Å². The number of rotatable bonds is 18. The van der Waals surface area contributed by atoms with E-state index in [0.717, 1.165) is 25.7 Å². The second kappa shape index (κ2) is 14.3. The van der Waals surface area contributed by atoms with Gasteiger partial charge in [0.15, 0.2) is 0 Å². The molecule has 164 valence electrons. The predicted octanol–water partition coefficient (Wildman–Crippen LogP) is 6.31. The van der Waals surface area contributed by atoms with E-state index in [0.29, 0.717) is 25.7 Å². The highest BCUT2D eigenvalue weighted by Gasteiger charge is 2.61. The molecule has 9 heteroatoms. The lowest BCUT2D eigenvalue weighted by Gasteiger charge is -2.36. The van der Waals surface area contributed by atoms with E-state index in [4.69, 9.17) is 18.1 Å². The van der Waals surface area contributed by atoms with Gasteiger partial charge < -0.3 is 23.2 Å². The summed E-state index contributed by atoms with van der Waals surface area (Å²) in [6.07, 6.45) is 5.90.